The first kappa shape index (κ1) is 14.3. The van der Waals surface area contributed by atoms with Crippen molar-refractivity contribution in [2.24, 2.45) is 0 Å². The summed E-state index contributed by atoms with van der Waals surface area (Å²) in [7, 11) is 0. The first-order valence-corrected chi connectivity index (χ1v) is 7.48. The number of morpholine rings is 1. The van der Waals surface area contributed by atoms with E-state index in [2.05, 4.69) is 33.2 Å². The van der Waals surface area contributed by atoms with Gasteiger partial charge in [-0.25, -0.2) is 4.79 Å². The molecular weight excluding hydrogens is 268 g/mol. The highest BCUT2D eigenvalue weighted by atomic mass is 16.5. The lowest BCUT2D eigenvalue weighted by atomic mass is 10.1. The molecular formula is C15H22N4O2. The van der Waals surface area contributed by atoms with Crippen LogP contribution >= 0.6 is 0 Å². The van der Waals surface area contributed by atoms with E-state index in [0.29, 0.717) is 0 Å². The minimum Gasteiger partial charge on any atom is -0.379 e. The molecule has 0 aliphatic carbocycles. The Morgan fingerprint density at radius 3 is 2.86 bits per heavy atom. The molecule has 0 saturated carbocycles. The third-order valence-corrected chi connectivity index (χ3v) is 4.02. The number of H-pyrrole nitrogens is 2. The number of benzene rings is 1. The van der Waals surface area contributed by atoms with Crippen LogP contribution in [0.2, 0.25) is 0 Å². The predicted molar refractivity (Wildman–Crippen MR) is 82.6 cm³/mol. The second-order valence-corrected chi connectivity index (χ2v) is 5.51. The van der Waals surface area contributed by atoms with E-state index in [1.54, 1.807) is 0 Å². The van der Waals surface area contributed by atoms with Crippen molar-refractivity contribution in [2.75, 3.05) is 39.4 Å². The molecule has 1 aromatic heterocycles. The molecule has 1 aromatic carbocycles. The highest BCUT2D eigenvalue weighted by Crippen LogP contribution is 2.16. The number of nitrogens with zero attached hydrogens (tertiary/aromatic N) is 1. The van der Waals surface area contributed by atoms with Gasteiger partial charge in [-0.3, -0.25) is 4.90 Å². The Kier molecular flexibility index (Phi) is 4.38. The van der Waals surface area contributed by atoms with Crippen LogP contribution in [0.5, 0.6) is 0 Å². The van der Waals surface area contributed by atoms with Crippen molar-refractivity contribution in [1.29, 1.82) is 0 Å². The minimum atomic E-state index is -0.157. The van der Waals surface area contributed by atoms with E-state index >= 15 is 0 Å². The Morgan fingerprint density at radius 2 is 2.05 bits per heavy atom. The van der Waals surface area contributed by atoms with Gasteiger partial charge in [-0.2, -0.15) is 0 Å². The molecule has 0 bridgehead atoms. The van der Waals surface area contributed by atoms with Crippen LogP contribution in [0, 0.1) is 0 Å². The van der Waals surface area contributed by atoms with Gasteiger partial charge in [-0.15, -0.1) is 0 Å². The number of imidazole rings is 1. The SMILES string of the molecule is CC(NCCN1CCOCC1)c1ccc2[nH]c(=O)[nH]c2c1. The van der Waals surface area contributed by atoms with E-state index in [9.17, 15) is 4.79 Å². The third kappa shape index (κ3) is 3.53. The highest BCUT2D eigenvalue weighted by Gasteiger charge is 2.11. The number of rotatable bonds is 5. The Labute approximate surface area is 123 Å². The fraction of sp³-hybridized carbons (Fsp3) is 0.533. The average Bonchev–Trinajstić information content (AvgIpc) is 2.87. The number of hydrogen-bond acceptors (Lipinski definition) is 4. The molecule has 1 fully saturated rings. The average molecular weight is 290 g/mol. The van der Waals surface area contributed by atoms with Crippen molar-refractivity contribution < 1.29 is 4.74 Å². The molecule has 114 valence electrons. The number of aromatic amines is 2. The molecule has 1 aliphatic rings. The van der Waals surface area contributed by atoms with Crippen molar-refractivity contribution in [3.05, 3.63) is 34.2 Å². The number of aromatic nitrogens is 2. The molecule has 1 unspecified atom stereocenters. The first-order chi connectivity index (χ1) is 10.2. The van der Waals surface area contributed by atoms with Crippen LogP contribution in [-0.2, 0) is 4.74 Å². The van der Waals surface area contributed by atoms with Gasteiger partial charge in [0, 0.05) is 32.2 Å². The second-order valence-electron chi connectivity index (χ2n) is 5.51. The molecule has 0 radical (unpaired) electrons. The number of fused-ring (bicyclic) bond motifs is 1. The maximum absolute atomic E-state index is 11.3. The van der Waals surface area contributed by atoms with Crippen LogP contribution < -0.4 is 11.0 Å². The van der Waals surface area contributed by atoms with Crippen LogP contribution in [0.3, 0.4) is 0 Å². The highest BCUT2D eigenvalue weighted by molar-refractivity contribution is 5.75. The van der Waals surface area contributed by atoms with Crippen molar-refractivity contribution in [3.8, 4) is 0 Å². The molecule has 6 nitrogen and oxygen atoms in total. The quantitative estimate of drug-likeness (QED) is 0.763. The summed E-state index contributed by atoms with van der Waals surface area (Å²) in [5.74, 6) is 0. The Balaban J connectivity index is 1.55. The zero-order valence-electron chi connectivity index (χ0n) is 12.3. The standard InChI is InChI=1S/C15H22N4O2/c1-11(16-4-5-19-6-8-21-9-7-19)12-2-3-13-14(10-12)18-15(20)17-13/h2-3,10-11,16H,4-9H2,1H3,(H2,17,18,20). The van der Waals surface area contributed by atoms with E-state index in [4.69, 9.17) is 4.74 Å². The monoisotopic (exact) mass is 290 g/mol. The van der Waals surface area contributed by atoms with Gasteiger partial charge in [0.2, 0.25) is 0 Å². The number of hydrogen-bond donors (Lipinski definition) is 3. The van der Waals surface area contributed by atoms with Gasteiger partial charge in [0.1, 0.15) is 0 Å². The molecule has 2 aromatic rings. The van der Waals surface area contributed by atoms with Gasteiger partial charge in [0.15, 0.2) is 0 Å². The lowest BCUT2D eigenvalue weighted by molar-refractivity contribution is 0.0382. The van der Waals surface area contributed by atoms with E-state index in [0.717, 1.165) is 50.4 Å². The van der Waals surface area contributed by atoms with Crippen LogP contribution in [0.1, 0.15) is 18.5 Å². The normalized spacial score (nSPS) is 18.1. The largest absolute Gasteiger partial charge is 0.379 e. The van der Waals surface area contributed by atoms with Gasteiger partial charge < -0.3 is 20.0 Å². The lowest BCUT2D eigenvalue weighted by Gasteiger charge is -2.27. The molecule has 1 aliphatic heterocycles. The summed E-state index contributed by atoms with van der Waals surface area (Å²) in [4.78, 5) is 19.2. The first-order valence-electron chi connectivity index (χ1n) is 7.48. The van der Waals surface area contributed by atoms with Gasteiger partial charge >= 0.3 is 5.69 Å². The minimum absolute atomic E-state index is 0.157. The summed E-state index contributed by atoms with van der Waals surface area (Å²) in [6.07, 6.45) is 0. The lowest BCUT2D eigenvalue weighted by Crippen LogP contribution is -2.40. The molecule has 2 heterocycles. The Hall–Kier alpha value is -1.63. The van der Waals surface area contributed by atoms with Crippen molar-refractivity contribution in [3.63, 3.8) is 0 Å². The summed E-state index contributed by atoms with van der Waals surface area (Å²) in [6.45, 7) is 7.85. The zero-order chi connectivity index (χ0) is 14.7. The number of nitrogens with one attached hydrogen (secondary N) is 3. The topological polar surface area (TPSA) is 73.2 Å². The van der Waals surface area contributed by atoms with Gasteiger partial charge in [0.25, 0.3) is 0 Å². The molecule has 0 spiro atoms. The van der Waals surface area contributed by atoms with Crippen molar-refractivity contribution in [1.82, 2.24) is 20.2 Å². The van der Waals surface area contributed by atoms with E-state index in [1.165, 1.54) is 5.56 Å². The smallest absolute Gasteiger partial charge is 0.323 e. The van der Waals surface area contributed by atoms with Crippen LogP contribution in [-0.4, -0.2) is 54.3 Å². The second kappa shape index (κ2) is 6.43. The fourth-order valence-electron chi connectivity index (χ4n) is 2.70. The fourth-order valence-corrected chi connectivity index (χ4v) is 2.70. The summed E-state index contributed by atoms with van der Waals surface area (Å²) in [5, 5.41) is 3.53. The molecule has 3 rings (SSSR count). The molecule has 21 heavy (non-hydrogen) atoms. The zero-order valence-corrected chi connectivity index (χ0v) is 12.3. The number of ether oxygens (including phenoxy) is 1. The molecule has 1 atom stereocenters. The molecule has 3 N–H and O–H groups in total. The van der Waals surface area contributed by atoms with E-state index in [1.807, 2.05) is 12.1 Å². The Bertz CT molecular complexity index is 642. The Morgan fingerprint density at radius 1 is 1.29 bits per heavy atom. The van der Waals surface area contributed by atoms with Gasteiger partial charge in [-0.05, 0) is 24.6 Å². The van der Waals surface area contributed by atoms with Crippen molar-refractivity contribution in [2.45, 2.75) is 13.0 Å². The summed E-state index contributed by atoms with van der Waals surface area (Å²) in [5.41, 5.74) is 2.73. The molecule has 6 heteroatoms. The summed E-state index contributed by atoms with van der Waals surface area (Å²) < 4.78 is 5.35. The van der Waals surface area contributed by atoms with Gasteiger partial charge in [0.05, 0.1) is 24.2 Å². The third-order valence-electron chi connectivity index (χ3n) is 4.02. The summed E-state index contributed by atoms with van der Waals surface area (Å²) in [6, 6.07) is 6.29. The van der Waals surface area contributed by atoms with Crippen LogP contribution in [0.15, 0.2) is 23.0 Å². The van der Waals surface area contributed by atoms with Gasteiger partial charge in [-0.1, -0.05) is 6.07 Å². The van der Waals surface area contributed by atoms with Crippen LogP contribution in [0.4, 0.5) is 0 Å². The van der Waals surface area contributed by atoms with E-state index < -0.39 is 0 Å². The van der Waals surface area contributed by atoms with Crippen molar-refractivity contribution >= 4 is 11.0 Å². The molecule has 1 saturated heterocycles. The summed E-state index contributed by atoms with van der Waals surface area (Å²) >= 11 is 0. The maximum Gasteiger partial charge on any atom is 0.323 e. The van der Waals surface area contributed by atoms with E-state index in [-0.39, 0.29) is 11.7 Å². The predicted octanol–water partition coefficient (Wildman–Crippen LogP) is 0.839. The molecule has 0 amide bonds. The maximum atomic E-state index is 11.3. The van der Waals surface area contributed by atoms with Crippen LogP contribution in [0.25, 0.3) is 11.0 Å².